The third-order valence-electron chi connectivity index (χ3n) is 3.00. The largest absolute Gasteiger partial charge is 0.493 e. The number of nitrogens with zero attached hydrogens (tertiary/aromatic N) is 1. The zero-order valence-corrected chi connectivity index (χ0v) is 11.9. The fourth-order valence-corrected chi connectivity index (χ4v) is 2.00. The van der Waals surface area contributed by atoms with E-state index in [4.69, 9.17) is 14.2 Å². The van der Waals surface area contributed by atoms with E-state index < -0.39 is 0 Å². The quantitative estimate of drug-likeness (QED) is 0.519. The number of benzene rings is 1. The first-order valence-corrected chi connectivity index (χ1v) is 6.95. The molecule has 0 amide bonds. The molecule has 0 aliphatic carbocycles. The Morgan fingerprint density at radius 3 is 2.75 bits per heavy atom. The SMILES string of the molecule is COCOCCCCCOc1ccnc2ccccc12. The van der Waals surface area contributed by atoms with Crippen molar-refractivity contribution >= 4 is 10.9 Å². The van der Waals surface area contributed by atoms with Crippen molar-refractivity contribution in [2.24, 2.45) is 0 Å². The lowest BCUT2D eigenvalue weighted by Crippen LogP contribution is -2.01. The molecular weight excluding hydrogens is 254 g/mol. The van der Waals surface area contributed by atoms with Gasteiger partial charge in [-0.25, -0.2) is 0 Å². The lowest BCUT2D eigenvalue weighted by Gasteiger charge is -2.08. The molecule has 0 saturated heterocycles. The van der Waals surface area contributed by atoms with Gasteiger partial charge in [-0.05, 0) is 37.5 Å². The number of hydrogen-bond donors (Lipinski definition) is 0. The normalized spacial score (nSPS) is 10.8. The molecule has 0 atom stereocenters. The number of unbranched alkanes of at least 4 members (excludes halogenated alkanes) is 2. The summed E-state index contributed by atoms with van der Waals surface area (Å²) >= 11 is 0. The lowest BCUT2D eigenvalue weighted by molar-refractivity contribution is -0.0316. The molecule has 0 unspecified atom stereocenters. The maximum absolute atomic E-state index is 5.84. The number of para-hydroxylation sites is 1. The minimum Gasteiger partial charge on any atom is -0.493 e. The van der Waals surface area contributed by atoms with E-state index in [9.17, 15) is 0 Å². The molecule has 20 heavy (non-hydrogen) atoms. The Hall–Kier alpha value is -1.65. The zero-order valence-electron chi connectivity index (χ0n) is 11.9. The standard InChI is InChI=1S/C16H21NO3/c1-18-13-19-11-5-2-6-12-20-16-9-10-17-15-8-4-3-7-14(15)16/h3-4,7-10H,2,5-6,11-13H2,1H3. The molecule has 4 heteroatoms. The van der Waals surface area contributed by atoms with Crippen LogP contribution in [0.15, 0.2) is 36.5 Å². The summed E-state index contributed by atoms with van der Waals surface area (Å²) in [6, 6.07) is 9.94. The Bertz CT molecular complexity index is 511. The highest BCUT2D eigenvalue weighted by Gasteiger charge is 2.01. The van der Waals surface area contributed by atoms with Crippen LogP contribution in [0.3, 0.4) is 0 Å². The van der Waals surface area contributed by atoms with Gasteiger partial charge in [0.05, 0.1) is 12.1 Å². The molecule has 2 rings (SSSR count). The number of fused-ring (bicyclic) bond motifs is 1. The molecule has 108 valence electrons. The average Bonchev–Trinajstić information content (AvgIpc) is 2.50. The topological polar surface area (TPSA) is 40.6 Å². The molecule has 2 aromatic rings. The maximum atomic E-state index is 5.84. The number of aromatic nitrogens is 1. The molecule has 0 aliphatic heterocycles. The highest BCUT2D eigenvalue weighted by molar-refractivity contribution is 5.84. The van der Waals surface area contributed by atoms with Crippen LogP contribution in [0.25, 0.3) is 10.9 Å². The second kappa shape index (κ2) is 8.51. The number of rotatable bonds is 9. The number of pyridine rings is 1. The highest BCUT2D eigenvalue weighted by atomic mass is 16.7. The van der Waals surface area contributed by atoms with Crippen LogP contribution in [0.5, 0.6) is 5.75 Å². The molecule has 0 N–H and O–H groups in total. The van der Waals surface area contributed by atoms with E-state index in [0.29, 0.717) is 6.79 Å². The van der Waals surface area contributed by atoms with Crippen LogP contribution in [-0.2, 0) is 9.47 Å². The second-order valence-corrected chi connectivity index (χ2v) is 4.55. The van der Waals surface area contributed by atoms with Gasteiger partial charge in [-0.15, -0.1) is 0 Å². The predicted octanol–water partition coefficient (Wildman–Crippen LogP) is 3.40. The van der Waals surface area contributed by atoms with E-state index in [1.807, 2.05) is 30.3 Å². The van der Waals surface area contributed by atoms with E-state index in [1.54, 1.807) is 13.3 Å². The monoisotopic (exact) mass is 275 g/mol. The number of ether oxygens (including phenoxy) is 3. The smallest absolute Gasteiger partial charge is 0.146 e. The first kappa shape index (κ1) is 14.8. The zero-order chi connectivity index (χ0) is 14.0. The van der Waals surface area contributed by atoms with Crippen molar-refractivity contribution in [3.63, 3.8) is 0 Å². The summed E-state index contributed by atoms with van der Waals surface area (Å²) in [7, 11) is 1.63. The van der Waals surface area contributed by atoms with Crippen molar-refractivity contribution in [2.75, 3.05) is 27.1 Å². The summed E-state index contributed by atoms with van der Waals surface area (Å²) in [5.74, 6) is 0.909. The van der Waals surface area contributed by atoms with Crippen molar-refractivity contribution in [3.05, 3.63) is 36.5 Å². The van der Waals surface area contributed by atoms with Crippen LogP contribution in [-0.4, -0.2) is 32.1 Å². The van der Waals surface area contributed by atoms with Crippen LogP contribution in [0.2, 0.25) is 0 Å². The molecule has 0 aliphatic rings. The van der Waals surface area contributed by atoms with E-state index in [1.165, 1.54) is 0 Å². The highest BCUT2D eigenvalue weighted by Crippen LogP contribution is 2.23. The van der Waals surface area contributed by atoms with Gasteiger partial charge in [-0.3, -0.25) is 4.98 Å². The van der Waals surface area contributed by atoms with Gasteiger partial charge in [0.25, 0.3) is 0 Å². The van der Waals surface area contributed by atoms with Crippen LogP contribution in [0.1, 0.15) is 19.3 Å². The van der Waals surface area contributed by atoms with Gasteiger partial charge in [-0.1, -0.05) is 12.1 Å². The molecule has 0 saturated carbocycles. The molecular formula is C16H21NO3. The van der Waals surface area contributed by atoms with Crippen molar-refractivity contribution in [1.82, 2.24) is 4.98 Å². The second-order valence-electron chi connectivity index (χ2n) is 4.55. The minimum atomic E-state index is 0.375. The van der Waals surface area contributed by atoms with Crippen LogP contribution < -0.4 is 4.74 Å². The van der Waals surface area contributed by atoms with E-state index in [-0.39, 0.29) is 0 Å². The van der Waals surface area contributed by atoms with E-state index in [0.717, 1.165) is 49.1 Å². The third-order valence-corrected chi connectivity index (χ3v) is 3.00. The van der Waals surface area contributed by atoms with Gasteiger partial charge in [0.1, 0.15) is 12.5 Å². The Kier molecular flexibility index (Phi) is 6.27. The van der Waals surface area contributed by atoms with Gasteiger partial charge in [0, 0.05) is 25.3 Å². The summed E-state index contributed by atoms with van der Waals surface area (Å²) in [6.45, 7) is 1.84. The van der Waals surface area contributed by atoms with Gasteiger partial charge in [0.15, 0.2) is 0 Å². The summed E-state index contributed by atoms with van der Waals surface area (Å²) in [4.78, 5) is 4.32. The molecule has 1 aromatic heterocycles. The van der Waals surface area contributed by atoms with Crippen LogP contribution in [0, 0.1) is 0 Å². The molecule has 1 aromatic carbocycles. The first-order valence-electron chi connectivity index (χ1n) is 6.95. The summed E-state index contributed by atoms with van der Waals surface area (Å²) in [5.41, 5.74) is 0.970. The molecule has 1 heterocycles. The van der Waals surface area contributed by atoms with Gasteiger partial charge >= 0.3 is 0 Å². The Morgan fingerprint density at radius 2 is 1.85 bits per heavy atom. The van der Waals surface area contributed by atoms with Crippen molar-refractivity contribution in [2.45, 2.75) is 19.3 Å². The Morgan fingerprint density at radius 1 is 1.00 bits per heavy atom. The maximum Gasteiger partial charge on any atom is 0.146 e. The third kappa shape index (κ3) is 4.47. The van der Waals surface area contributed by atoms with Gasteiger partial charge < -0.3 is 14.2 Å². The van der Waals surface area contributed by atoms with E-state index >= 15 is 0 Å². The Balaban J connectivity index is 1.71. The summed E-state index contributed by atoms with van der Waals surface area (Å²) < 4.78 is 15.9. The molecule has 0 fully saturated rings. The first-order chi connectivity index (χ1) is 9.92. The van der Waals surface area contributed by atoms with Crippen molar-refractivity contribution in [3.8, 4) is 5.75 Å². The molecule has 4 nitrogen and oxygen atoms in total. The van der Waals surface area contributed by atoms with Crippen molar-refractivity contribution < 1.29 is 14.2 Å². The summed E-state index contributed by atoms with van der Waals surface area (Å²) in [5, 5.41) is 1.07. The molecule has 0 radical (unpaired) electrons. The fourth-order valence-electron chi connectivity index (χ4n) is 2.00. The Labute approximate surface area is 119 Å². The number of hydrogen-bond acceptors (Lipinski definition) is 4. The van der Waals surface area contributed by atoms with E-state index in [2.05, 4.69) is 4.98 Å². The summed E-state index contributed by atoms with van der Waals surface area (Å²) in [6.07, 6.45) is 4.93. The van der Waals surface area contributed by atoms with Crippen LogP contribution in [0.4, 0.5) is 0 Å². The molecule has 0 bridgehead atoms. The lowest BCUT2D eigenvalue weighted by atomic mass is 10.2. The van der Waals surface area contributed by atoms with Crippen LogP contribution >= 0.6 is 0 Å². The number of methoxy groups -OCH3 is 1. The minimum absolute atomic E-state index is 0.375. The van der Waals surface area contributed by atoms with Gasteiger partial charge in [0.2, 0.25) is 0 Å². The average molecular weight is 275 g/mol. The molecule has 0 spiro atoms. The van der Waals surface area contributed by atoms with Crippen molar-refractivity contribution in [1.29, 1.82) is 0 Å². The fraction of sp³-hybridized carbons (Fsp3) is 0.438. The van der Waals surface area contributed by atoms with Gasteiger partial charge in [-0.2, -0.15) is 0 Å². The predicted molar refractivity (Wildman–Crippen MR) is 78.9 cm³/mol.